The molecule has 1 heterocycles. The second-order valence-electron chi connectivity index (χ2n) is 7.32. The molecule has 6 heteroatoms. The van der Waals surface area contributed by atoms with E-state index >= 15 is 0 Å². The number of halogens is 2. The number of hydrogen-bond donors (Lipinski definition) is 1. The SMILES string of the molecule is Fc1ccc(NC(=S)N2CCN([C@H](c3ccccc3)c3ccc(Cl)cc3)CC2)cc1. The first-order valence-electron chi connectivity index (χ1n) is 9.96. The molecule has 3 nitrogen and oxygen atoms in total. The quantitative estimate of drug-likeness (QED) is 0.534. The maximum Gasteiger partial charge on any atom is 0.173 e. The van der Waals surface area contributed by atoms with Crippen molar-refractivity contribution in [1.29, 1.82) is 0 Å². The van der Waals surface area contributed by atoms with Gasteiger partial charge in [0.15, 0.2) is 5.11 Å². The molecular weight excluding hydrogens is 417 g/mol. The van der Waals surface area contributed by atoms with E-state index in [0.717, 1.165) is 36.9 Å². The van der Waals surface area contributed by atoms with Crippen molar-refractivity contribution in [1.82, 2.24) is 9.80 Å². The third kappa shape index (κ3) is 4.98. The monoisotopic (exact) mass is 439 g/mol. The lowest BCUT2D eigenvalue weighted by molar-refractivity contribution is 0.151. The van der Waals surface area contributed by atoms with Gasteiger partial charge in [-0.2, -0.15) is 0 Å². The molecule has 0 radical (unpaired) electrons. The van der Waals surface area contributed by atoms with E-state index in [1.54, 1.807) is 12.1 Å². The fourth-order valence-electron chi connectivity index (χ4n) is 3.81. The Morgan fingerprint density at radius 3 is 2.07 bits per heavy atom. The Labute approximate surface area is 187 Å². The van der Waals surface area contributed by atoms with E-state index in [9.17, 15) is 4.39 Å². The van der Waals surface area contributed by atoms with Gasteiger partial charge in [0.05, 0.1) is 6.04 Å². The third-order valence-electron chi connectivity index (χ3n) is 5.36. The molecule has 1 atom stereocenters. The summed E-state index contributed by atoms with van der Waals surface area (Å²) in [5.41, 5.74) is 3.29. The number of nitrogens with one attached hydrogen (secondary N) is 1. The number of piperazine rings is 1. The van der Waals surface area contributed by atoms with Crippen molar-refractivity contribution in [2.24, 2.45) is 0 Å². The van der Waals surface area contributed by atoms with Gasteiger partial charge in [-0.1, -0.05) is 54.1 Å². The standard InChI is InChI=1S/C24H23ClFN3S/c25-20-8-6-19(7-9-20)23(18-4-2-1-3-5-18)28-14-16-29(17-15-28)24(30)27-22-12-10-21(26)11-13-22/h1-13,23H,14-17H2,(H,27,30)/t23-/m1/s1. The van der Waals surface area contributed by atoms with E-state index in [-0.39, 0.29) is 11.9 Å². The number of thiocarbonyl (C=S) groups is 1. The van der Waals surface area contributed by atoms with E-state index in [1.807, 2.05) is 18.2 Å². The highest BCUT2D eigenvalue weighted by Crippen LogP contribution is 2.30. The van der Waals surface area contributed by atoms with Crippen molar-refractivity contribution in [3.05, 3.63) is 101 Å². The van der Waals surface area contributed by atoms with Crippen LogP contribution >= 0.6 is 23.8 Å². The Morgan fingerprint density at radius 1 is 0.833 bits per heavy atom. The molecule has 0 bridgehead atoms. The second kappa shape index (κ2) is 9.56. The van der Waals surface area contributed by atoms with E-state index in [1.165, 1.54) is 23.3 Å². The summed E-state index contributed by atoms with van der Waals surface area (Å²) in [7, 11) is 0. The summed E-state index contributed by atoms with van der Waals surface area (Å²) in [6.45, 7) is 3.41. The number of rotatable bonds is 4. The zero-order valence-electron chi connectivity index (χ0n) is 16.5. The van der Waals surface area contributed by atoms with Crippen molar-refractivity contribution in [2.75, 3.05) is 31.5 Å². The molecule has 1 aliphatic heterocycles. The van der Waals surface area contributed by atoms with Crippen LogP contribution in [0.25, 0.3) is 0 Å². The normalized spacial score (nSPS) is 15.6. The van der Waals surface area contributed by atoms with E-state index < -0.39 is 0 Å². The summed E-state index contributed by atoms with van der Waals surface area (Å²) in [6, 6.07) is 25.1. The Bertz CT molecular complexity index is 972. The number of nitrogens with zero attached hydrogens (tertiary/aromatic N) is 2. The van der Waals surface area contributed by atoms with Crippen LogP contribution in [-0.4, -0.2) is 41.1 Å². The molecule has 0 aliphatic carbocycles. The lowest BCUT2D eigenvalue weighted by Crippen LogP contribution is -2.50. The Hall–Kier alpha value is -2.47. The molecule has 3 aromatic carbocycles. The van der Waals surface area contributed by atoms with Gasteiger partial charge in [-0.25, -0.2) is 4.39 Å². The lowest BCUT2D eigenvalue weighted by Gasteiger charge is -2.40. The van der Waals surface area contributed by atoms with Gasteiger partial charge in [-0.3, -0.25) is 4.90 Å². The highest BCUT2D eigenvalue weighted by molar-refractivity contribution is 7.80. The Kier molecular flexibility index (Phi) is 6.62. The molecule has 3 aromatic rings. The van der Waals surface area contributed by atoms with Crippen LogP contribution in [0.2, 0.25) is 5.02 Å². The van der Waals surface area contributed by atoms with Crippen LogP contribution in [0.5, 0.6) is 0 Å². The molecule has 0 amide bonds. The molecule has 1 aliphatic rings. The molecule has 1 saturated heterocycles. The molecule has 0 unspecified atom stereocenters. The summed E-state index contributed by atoms with van der Waals surface area (Å²) >= 11 is 11.7. The van der Waals surface area contributed by atoms with Gasteiger partial charge in [0.2, 0.25) is 0 Å². The summed E-state index contributed by atoms with van der Waals surface area (Å²) in [5.74, 6) is -0.255. The molecule has 154 valence electrons. The summed E-state index contributed by atoms with van der Waals surface area (Å²) in [6.07, 6.45) is 0. The van der Waals surface area contributed by atoms with Gasteiger partial charge in [0, 0.05) is 36.9 Å². The maximum atomic E-state index is 13.1. The number of benzene rings is 3. The molecule has 1 N–H and O–H groups in total. The third-order valence-corrected chi connectivity index (χ3v) is 5.98. The van der Waals surface area contributed by atoms with Crippen molar-refractivity contribution >= 4 is 34.6 Å². The number of hydrogen-bond acceptors (Lipinski definition) is 2. The minimum Gasteiger partial charge on any atom is -0.346 e. The minimum absolute atomic E-state index is 0.171. The van der Waals surface area contributed by atoms with E-state index in [2.05, 4.69) is 51.5 Å². The van der Waals surface area contributed by atoms with E-state index in [4.69, 9.17) is 23.8 Å². The summed E-state index contributed by atoms with van der Waals surface area (Å²) < 4.78 is 13.1. The van der Waals surface area contributed by atoms with Crippen molar-refractivity contribution < 1.29 is 4.39 Å². The fraction of sp³-hybridized carbons (Fsp3) is 0.208. The molecule has 1 fully saturated rings. The first kappa shape index (κ1) is 20.8. The average Bonchev–Trinajstić information content (AvgIpc) is 2.78. The molecule has 4 rings (SSSR count). The highest BCUT2D eigenvalue weighted by atomic mass is 35.5. The predicted octanol–water partition coefficient (Wildman–Crippen LogP) is 5.58. The average molecular weight is 440 g/mol. The second-order valence-corrected chi connectivity index (χ2v) is 8.15. The van der Waals surface area contributed by atoms with Gasteiger partial charge >= 0.3 is 0 Å². The largest absolute Gasteiger partial charge is 0.346 e. The van der Waals surface area contributed by atoms with Crippen molar-refractivity contribution in [3.8, 4) is 0 Å². The Balaban J connectivity index is 1.45. The topological polar surface area (TPSA) is 18.5 Å². The Morgan fingerprint density at radius 2 is 1.43 bits per heavy atom. The van der Waals surface area contributed by atoms with Crippen LogP contribution < -0.4 is 5.32 Å². The number of anilines is 1. The molecule has 30 heavy (non-hydrogen) atoms. The van der Waals surface area contributed by atoms with Gasteiger partial charge in [0.1, 0.15) is 5.82 Å². The lowest BCUT2D eigenvalue weighted by atomic mass is 9.96. The van der Waals surface area contributed by atoms with E-state index in [0.29, 0.717) is 5.11 Å². The van der Waals surface area contributed by atoms with Crippen LogP contribution in [0, 0.1) is 5.82 Å². The van der Waals surface area contributed by atoms with Gasteiger partial charge in [0.25, 0.3) is 0 Å². The zero-order chi connectivity index (χ0) is 20.9. The highest BCUT2D eigenvalue weighted by Gasteiger charge is 2.27. The van der Waals surface area contributed by atoms with Gasteiger partial charge in [-0.05, 0) is 59.7 Å². The summed E-state index contributed by atoms with van der Waals surface area (Å²) in [5, 5.41) is 4.62. The fourth-order valence-corrected chi connectivity index (χ4v) is 4.24. The summed E-state index contributed by atoms with van der Waals surface area (Å²) in [4.78, 5) is 4.65. The first-order chi connectivity index (χ1) is 14.6. The van der Waals surface area contributed by atoms with Crippen molar-refractivity contribution in [2.45, 2.75) is 6.04 Å². The first-order valence-corrected chi connectivity index (χ1v) is 10.7. The molecule has 0 saturated carbocycles. The molecule has 0 aromatic heterocycles. The van der Waals surface area contributed by atoms with Crippen LogP contribution in [0.4, 0.5) is 10.1 Å². The van der Waals surface area contributed by atoms with Gasteiger partial charge < -0.3 is 10.2 Å². The van der Waals surface area contributed by atoms with Gasteiger partial charge in [-0.15, -0.1) is 0 Å². The van der Waals surface area contributed by atoms with Crippen LogP contribution in [0.1, 0.15) is 17.2 Å². The van der Waals surface area contributed by atoms with Crippen LogP contribution in [0.15, 0.2) is 78.9 Å². The van der Waals surface area contributed by atoms with Crippen LogP contribution in [-0.2, 0) is 0 Å². The maximum absolute atomic E-state index is 13.1. The predicted molar refractivity (Wildman–Crippen MR) is 126 cm³/mol. The van der Waals surface area contributed by atoms with Crippen LogP contribution in [0.3, 0.4) is 0 Å². The molecular formula is C24H23ClFN3S. The van der Waals surface area contributed by atoms with Crippen molar-refractivity contribution in [3.63, 3.8) is 0 Å². The zero-order valence-corrected chi connectivity index (χ0v) is 18.0. The molecule has 0 spiro atoms. The minimum atomic E-state index is -0.255. The smallest absolute Gasteiger partial charge is 0.173 e.